The van der Waals surface area contributed by atoms with E-state index in [-0.39, 0.29) is 17.0 Å². The van der Waals surface area contributed by atoms with Gasteiger partial charge in [-0.25, -0.2) is 0 Å². The van der Waals surface area contributed by atoms with Gasteiger partial charge in [0.1, 0.15) is 27.5 Å². The van der Waals surface area contributed by atoms with Crippen LogP contribution < -0.4 is 15.2 Å². The molecule has 1 aromatic heterocycles. The quantitative estimate of drug-likeness (QED) is 0.198. The molecule has 5 rings (SSSR count). The van der Waals surface area contributed by atoms with Gasteiger partial charge < -0.3 is 9.64 Å². The summed E-state index contributed by atoms with van der Waals surface area (Å²) in [6.45, 7) is 8.87. The lowest BCUT2D eigenvalue weighted by atomic mass is 10.0. The van der Waals surface area contributed by atoms with Crippen LogP contribution in [0.2, 0.25) is 0 Å². The van der Waals surface area contributed by atoms with E-state index in [1.54, 1.807) is 16.6 Å². The number of nitriles is 1. The molecule has 1 amide bonds. The van der Waals surface area contributed by atoms with Crippen LogP contribution in [0.15, 0.2) is 64.3 Å². The second-order valence-corrected chi connectivity index (χ2v) is 13.0. The molecule has 3 heterocycles. The fraction of sp³-hybridized carbons (Fsp3) is 0.371. The highest BCUT2D eigenvalue weighted by Crippen LogP contribution is 2.36. The predicted molar refractivity (Wildman–Crippen MR) is 186 cm³/mol. The van der Waals surface area contributed by atoms with E-state index in [1.165, 1.54) is 17.3 Å². The minimum Gasteiger partial charge on any atom is -0.497 e. The van der Waals surface area contributed by atoms with Gasteiger partial charge in [-0.3, -0.25) is 24.0 Å². The smallest absolute Gasteiger partial charge is 0.270 e. The third kappa shape index (κ3) is 7.33. The normalized spacial score (nSPS) is 16.4. The van der Waals surface area contributed by atoms with Crippen LogP contribution in [-0.4, -0.2) is 64.4 Å². The first-order chi connectivity index (χ1) is 21.8. The number of ether oxygens (including phenoxy) is 1. The highest BCUT2D eigenvalue weighted by Gasteiger charge is 2.33. The molecule has 0 N–H and O–H groups in total. The SMILES string of the molecule is CCCCn1c(N2CCN(Cc3ccccc3)CC2)c(/C=C2\SC(=S)N(CCc3ccc(OC)cc3)C2=O)c(C)c(C#N)c1=O. The maximum absolute atomic E-state index is 13.7. The Morgan fingerprint density at radius 1 is 1.00 bits per heavy atom. The molecule has 2 fully saturated rings. The standard InChI is InChI=1S/C35H39N5O3S2/c1-4-5-16-39-32(38-20-18-37(19-21-38)24-27-9-7-6-8-10-27)29(25(2)30(23-36)33(39)41)22-31-34(42)40(35(44)45-31)17-15-26-11-13-28(43-3)14-12-26/h6-14,22H,4-5,15-21,24H2,1-3H3/b31-22-. The molecule has 0 aliphatic carbocycles. The van der Waals surface area contributed by atoms with Crippen molar-refractivity contribution >= 4 is 46.1 Å². The molecule has 8 nitrogen and oxygen atoms in total. The van der Waals surface area contributed by atoms with Crippen LogP contribution >= 0.6 is 24.0 Å². The highest BCUT2D eigenvalue weighted by atomic mass is 32.2. The third-order valence-corrected chi connectivity index (χ3v) is 9.81. The fourth-order valence-corrected chi connectivity index (χ4v) is 7.12. The van der Waals surface area contributed by atoms with Gasteiger partial charge in [0.25, 0.3) is 11.5 Å². The number of thiocarbonyl (C=S) groups is 1. The Bertz CT molecular complexity index is 1670. The number of nitrogens with zero attached hydrogens (tertiary/aromatic N) is 5. The fourth-order valence-electron chi connectivity index (χ4n) is 5.82. The number of aromatic nitrogens is 1. The van der Waals surface area contributed by atoms with Crippen LogP contribution in [0.3, 0.4) is 0 Å². The van der Waals surface area contributed by atoms with Crippen molar-refractivity contribution in [1.29, 1.82) is 5.26 Å². The number of benzene rings is 2. The number of hydrogen-bond acceptors (Lipinski definition) is 8. The van der Waals surface area contributed by atoms with Crippen LogP contribution in [0.1, 0.15) is 47.6 Å². The molecule has 0 radical (unpaired) electrons. The van der Waals surface area contributed by atoms with Gasteiger partial charge in [-0.15, -0.1) is 0 Å². The van der Waals surface area contributed by atoms with Crippen molar-refractivity contribution in [3.8, 4) is 11.8 Å². The number of hydrogen-bond donors (Lipinski definition) is 0. The number of amides is 1. The van der Waals surface area contributed by atoms with Gasteiger partial charge in [0.15, 0.2) is 0 Å². The van der Waals surface area contributed by atoms with Crippen LogP contribution in [0, 0.1) is 18.3 Å². The van der Waals surface area contributed by atoms with Gasteiger partial charge in [0, 0.05) is 51.4 Å². The van der Waals surface area contributed by atoms with Crippen LogP contribution in [0.25, 0.3) is 6.08 Å². The van der Waals surface area contributed by atoms with Crippen molar-refractivity contribution in [2.75, 3.05) is 44.7 Å². The highest BCUT2D eigenvalue weighted by molar-refractivity contribution is 8.26. The van der Waals surface area contributed by atoms with Crippen molar-refractivity contribution in [3.05, 3.63) is 97.7 Å². The summed E-state index contributed by atoms with van der Waals surface area (Å²) in [5.74, 6) is 1.42. The number of piperazine rings is 1. The minimum atomic E-state index is -0.269. The Balaban J connectivity index is 1.45. The molecule has 0 spiro atoms. The molecule has 234 valence electrons. The molecule has 2 aliphatic heterocycles. The van der Waals surface area contributed by atoms with Crippen molar-refractivity contribution < 1.29 is 9.53 Å². The molecule has 45 heavy (non-hydrogen) atoms. The molecule has 0 bridgehead atoms. The summed E-state index contributed by atoms with van der Waals surface area (Å²) in [6, 6.07) is 20.4. The van der Waals surface area contributed by atoms with Gasteiger partial charge in [0.2, 0.25) is 0 Å². The van der Waals surface area contributed by atoms with Crippen LogP contribution in [0.5, 0.6) is 5.75 Å². The number of methoxy groups -OCH3 is 1. The summed E-state index contributed by atoms with van der Waals surface area (Å²) < 4.78 is 7.52. The summed E-state index contributed by atoms with van der Waals surface area (Å²) in [5, 5.41) is 10.0. The van der Waals surface area contributed by atoms with Crippen molar-refractivity contribution in [2.24, 2.45) is 0 Å². The van der Waals surface area contributed by atoms with Crippen LogP contribution in [-0.2, 0) is 24.3 Å². The number of carbonyl (C=O) groups is 1. The van der Waals surface area contributed by atoms with Gasteiger partial charge >= 0.3 is 0 Å². The molecule has 2 aliphatic rings. The molecule has 10 heteroatoms. The monoisotopic (exact) mass is 641 g/mol. The van der Waals surface area contributed by atoms with Crippen molar-refractivity contribution in [1.82, 2.24) is 14.4 Å². The number of rotatable bonds is 11. The first-order valence-corrected chi connectivity index (χ1v) is 16.6. The zero-order valence-corrected chi connectivity index (χ0v) is 27.8. The van der Waals surface area contributed by atoms with Crippen LogP contribution in [0.4, 0.5) is 5.82 Å². The average molecular weight is 642 g/mol. The van der Waals surface area contributed by atoms with E-state index in [4.69, 9.17) is 17.0 Å². The summed E-state index contributed by atoms with van der Waals surface area (Å²) in [6.07, 6.45) is 4.23. The molecule has 0 unspecified atom stereocenters. The summed E-state index contributed by atoms with van der Waals surface area (Å²) in [5.41, 5.74) is 3.55. The summed E-state index contributed by atoms with van der Waals surface area (Å²) >= 11 is 6.94. The molecular weight excluding hydrogens is 603 g/mol. The second kappa shape index (κ2) is 14.9. The van der Waals surface area contributed by atoms with Gasteiger partial charge in [-0.2, -0.15) is 5.26 Å². The number of thioether (sulfide) groups is 1. The Hall–Kier alpha value is -3.91. The zero-order chi connectivity index (χ0) is 31.9. The zero-order valence-electron chi connectivity index (χ0n) is 26.1. The van der Waals surface area contributed by atoms with E-state index in [1.807, 2.05) is 43.3 Å². The van der Waals surface area contributed by atoms with E-state index in [0.717, 1.165) is 68.3 Å². The Labute approximate surface area is 274 Å². The average Bonchev–Trinajstić information content (AvgIpc) is 3.33. The van der Waals surface area contributed by atoms with Gasteiger partial charge in [0.05, 0.1) is 12.0 Å². The second-order valence-electron chi connectivity index (χ2n) is 11.3. The first kappa shape index (κ1) is 32.5. The lowest BCUT2D eigenvalue weighted by molar-refractivity contribution is -0.122. The van der Waals surface area contributed by atoms with E-state index < -0.39 is 0 Å². The van der Waals surface area contributed by atoms with Gasteiger partial charge in [-0.1, -0.05) is 79.8 Å². The Kier molecular flexibility index (Phi) is 10.8. The number of carbonyl (C=O) groups excluding carboxylic acids is 1. The van der Waals surface area contributed by atoms with Crippen molar-refractivity contribution in [3.63, 3.8) is 0 Å². The van der Waals surface area contributed by atoms with Crippen molar-refractivity contribution in [2.45, 2.75) is 46.2 Å². The first-order valence-electron chi connectivity index (χ1n) is 15.4. The third-order valence-electron chi connectivity index (χ3n) is 8.43. The Morgan fingerprint density at radius 2 is 1.71 bits per heavy atom. The molecule has 2 aromatic carbocycles. The van der Waals surface area contributed by atoms with E-state index in [2.05, 4.69) is 47.1 Å². The van der Waals surface area contributed by atoms with E-state index in [0.29, 0.717) is 34.3 Å². The lowest BCUT2D eigenvalue weighted by Gasteiger charge is -2.38. The number of unbranched alkanes of at least 4 members (excludes halogenated alkanes) is 1. The van der Waals surface area contributed by atoms with E-state index >= 15 is 0 Å². The molecule has 3 aromatic rings. The molecule has 2 saturated heterocycles. The number of anilines is 1. The molecule has 0 saturated carbocycles. The Morgan fingerprint density at radius 3 is 2.36 bits per heavy atom. The summed E-state index contributed by atoms with van der Waals surface area (Å²) in [7, 11) is 1.63. The summed E-state index contributed by atoms with van der Waals surface area (Å²) in [4.78, 5) is 34.2. The minimum absolute atomic E-state index is 0.124. The predicted octanol–water partition coefficient (Wildman–Crippen LogP) is 5.60. The largest absolute Gasteiger partial charge is 0.497 e. The maximum atomic E-state index is 13.7. The lowest BCUT2D eigenvalue weighted by Crippen LogP contribution is -2.48. The number of pyridine rings is 1. The molecule has 0 atom stereocenters. The van der Waals surface area contributed by atoms with Gasteiger partial charge in [-0.05, 0) is 54.7 Å². The topological polar surface area (TPSA) is 81.8 Å². The van der Waals surface area contributed by atoms with E-state index in [9.17, 15) is 14.9 Å². The molecular formula is C35H39N5O3S2. The maximum Gasteiger partial charge on any atom is 0.270 e.